The van der Waals surface area contributed by atoms with E-state index in [0.717, 1.165) is 10.5 Å². The Bertz CT molecular complexity index is 1660. The van der Waals surface area contributed by atoms with Gasteiger partial charge in [0.2, 0.25) is 5.91 Å². The molecule has 0 aliphatic heterocycles. The summed E-state index contributed by atoms with van der Waals surface area (Å²) in [5, 5.41) is 9.11. The summed E-state index contributed by atoms with van der Waals surface area (Å²) < 4.78 is 0. The molecule has 0 fully saturated rings. The van der Waals surface area contributed by atoms with E-state index in [1.54, 1.807) is 91.9 Å². The number of carbonyl (C=O) groups is 3. The zero-order chi connectivity index (χ0) is 30.2. The molecule has 4 aromatic rings. The van der Waals surface area contributed by atoms with E-state index < -0.39 is 17.1 Å². The molecule has 3 amide bonds. The molecule has 0 aliphatic carbocycles. The van der Waals surface area contributed by atoms with Gasteiger partial charge in [-0.25, -0.2) is 0 Å². The molecule has 3 N–H and O–H groups in total. The second kappa shape index (κ2) is 14.4. The summed E-state index contributed by atoms with van der Waals surface area (Å²) in [6.07, 6.45) is 1.47. The van der Waals surface area contributed by atoms with E-state index in [9.17, 15) is 14.4 Å². The number of amides is 3. The molecule has 0 aliphatic rings. The molecule has 0 saturated heterocycles. The van der Waals surface area contributed by atoms with Crippen molar-refractivity contribution in [1.82, 2.24) is 5.32 Å². The van der Waals surface area contributed by atoms with Gasteiger partial charge in [0.15, 0.2) is 0 Å². The fourth-order valence-corrected chi connectivity index (χ4v) is 5.27. The van der Waals surface area contributed by atoms with Crippen LogP contribution in [0.5, 0.6) is 0 Å². The van der Waals surface area contributed by atoms with Crippen molar-refractivity contribution in [2.75, 3.05) is 10.6 Å². The van der Waals surface area contributed by atoms with Crippen LogP contribution >= 0.6 is 46.6 Å². The zero-order valence-corrected chi connectivity index (χ0v) is 25.7. The molecule has 1 atom stereocenters. The smallest absolute Gasteiger partial charge is 0.272 e. The molecule has 4 rings (SSSR count). The largest absolute Gasteiger partial charge is 0.325 e. The third-order valence-electron chi connectivity index (χ3n) is 6.11. The average molecular weight is 639 g/mol. The number of hydrogen-bond acceptors (Lipinski definition) is 4. The van der Waals surface area contributed by atoms with Crippen LogP contribution in [0.2, 0.25) is 15.1 Å². The van der Waals surface area contributed by atoms with E-state index >= 15 is 0 Å². The van der Waals surface area contributed by atoms with Crippen molar-refractivity contribution >= 4 is 81.7 Å². The van der Waals surface area contributed by atoms with Crippen LogP contribution in [0.4, 0.5) is 11.4 Å². The van der Waals surface area contributed by atoms with Crippen molar-refractivity contribution in [2.24, 2.45) is 0 Å². The van der Waals surface area contributed by atoms with E-state index in [-0.39, 0.29) is 16.6 Å². The molecular weight excluding hydrogens is 613 g/mol. The lowest BCUT2D eigenvalue weighted by Crippen LogP contribution is -2.30. The first-order valence-electron chi connectivity index (χ1n) is 12.8. The number of hydrogen-bond donors (Lipinski definition) is 3. The molecule has 0 radical (unpaired) electrons. The highest BCUT2D eigenvalue weighted by Gasteiger charge is 2.18. The SMILES string of the molecule is Cc1c(Cl)cccc1NC(=O)C(C)Sc1cccc(NC(=O)/C(=C\c2cccc(Cl)c2Cl)NC(=O)c2ccccc2)c1. The van der Waals surface area contributed by atoms with Gasteiger partial charge in [-0.1, -0.05) is 77.3 Å². The van der Waals surface area contributed by atoms with Crippen LogP contribution in [0.3, 0.4) is 0 Å². The minimum atomic E-state index is -0.570. The standard InChI is InChI=1S/C32H26Cl3N3O3S/c1-19-25(33)14-8-16-27(19)37-30(39)20(2)42-24-13-7-12-23(18-24)36-32(41)28(17-22-11-6-15-26(34)29(22)35)38-31(40)21-9-4-3-5-10-21/h3-18,20H,1-2H3,(H,36,41)(H,37,39)(H,38,40)/b28-17+. The first-order valence-corrected chi connectivity index (χ1v) is 14.8. The summed E-state index contributed by atoms with van der Waals surface area (Å²) in [7, 11) is 0. The topological polar surface area (TPSA) is 87.3 Å². The maximum absolute atomic E-state index is 13.4. The normalized spacial score (nSPS) is 11.9. The van der Waals surface area contributed by atoms with Gasteiger partial charge in [-0.05, 0) is 79.6 Å². The fourth-order valence-electron chi connectivity index (χ4n) is 3.81. The van der Waals surface area contributed by atoms with Crippen LogP contribution in [0.1, 0.15) is 28.4 Å². The van der Waals surface area contributed by atoms with E-state index in [1.165, 1.54) is 17.8 Å². The second-order valence-corrected chi connectivity index (χ2v) is 11.8. The Kier molecular flexibility index (Phi) is 10.7. The molecule has 10 heteroatoms. The highest BCUT2D eigenvalue weighted by atomic mass is 35.5. The fraction of sp³-hybridized carbons (Fsp3) is 0.0938. The van der Waals surface area contributed by atoms with E-state index in [0.29, 0.717) is 32.5 Å². The van der Waals surface area contributed by atoms with Crippen LogP contribution in [0.15, 0.2) is 102 Å². The molecule has 0 heterocycles. The highest BCUT2D eigenvalue weighted by molar-refractivity contribution is 8.00. The summed E-state index contributed by atoms with van der Waals surface area (Å²) >= 11 is 20.0. The Balaban J connectivity index is 1.51. The average Bonchev–Trinajstić information content (AvgIpc) is 2.98. The molecule has 0 saturated carbocycles. The number of benzene rings is 4. The summed E-state index contributed by atoms with van der Waals surface area (Å²) in [5.74, 6) is -1.22. The Hall–Kier alpha value is -3.75. The van der Waals surface area contributed by atoms with Crippen LogP contribution in [-0.2, 0) is 9.59 Å². The highest BCUT2D eigenvalue weighted by Crippen LogP contribution is 2.29. The van der Waals surface area contributed by atoms with Gasteiger partial charge in [0, 0.05) is 26.9 Å². The number of anilines is 2. The molecule has 6 nitrogen and oxygen atoms in total. The van der Waals surface area contributed by atoms with Gasteiger partial charge in [-0.15, -0.1) is 11.8 Å². The van der Waals surface area contributed by atoms with Gasteiger partial charge < -0.3 is 16.0 Å². The Labute approximate surface area is 263 Å². The second-order valence-electron chi connectivity index (χ2n) is 9.16. The molecule has 0 aromatic heterocycles. The van der Waals surface area contributed by atoms with Crippen molar-refractivity contribution in [3.05, 3.63) is 128 Å². The lowest BCUT2D eigenvalue weighted by atomic mass is 10.1. The van der Waals surface area contributed by atoms with Gasteiger partial charge >= 0.3 is 0 Å². The minimum absolute atomic E-state index is 0.0317. The molecule has 1 unspecified atom stereocenters. The molecule has 4 aromatic carbocycles. The summed E-state index contributed by atoms with van der Waals surface area (Å²) in [6, 6.07) is 26.0. The quantitative estimate of drug-likeness (QED) is 0.127. The van der Waals surface area contributed by atoms with Crippen LogP contribution in [0, 0.1) is 6.92 Å². The predicted molar refractivity (Wildman–Crippen MR) is 174 cm³/mol. The Morgan fingerprint density at radius 3 is 2.26 bits per heavy atom. The van der Waals surface area contributed by atoms with E-state index in [4.69, 9.17) is 34.8 Å². The maximum Gasteiger partial charge on any atom is 0.272 e. The van der Waals surface area contributed by atoms with Gasteiger partial charge in [-0.2, -0.15) is 0 Å². The van der Waals surface area contributed by atoms with Crippen molar-refractivity contribution < 1.29 is 14.4 Å². The van der Waals surface area contributed by atoms with Crippen molar-refractivity contribution in [1.29, 1.82) is 0 Å². The van der Waals surface area contributed by atoms with Gasteiger partial charge in [-0.3, -0.25) is 14.4 Å². The van der Waals surface area contributed by atoms with Crippen molar-refractivity contribution in [3.8, 4) is 0 Å². The van der Waals surface area contributed by atoms with Gasteiger partial charge in [0.05, 0.1) is 15.3 Å². The van der Waals surface area contributed by atoms with Gasteiger partial charge in [0.1, 0.15) is 5.70 Å². The number of carbonyl (C=O) groups excluding carboxylic acids is 3. The monoisotopic (exact) mass is 637 g/mol. The third kappa shape index (κ3) is 8.17. The Morgan fingerprint density at radius 1 is 0.810 bits per heavy atom. The minimum Gasteiger partial charge on any atom is -0.325 e. The summed E-state index contributed by atoms with van der Waals surface area (Å²) in [6.45, 7) is 3.63. The predicted octanol–water partition coefficient (Wildman–Crippen LogP) is 8.48. The molecule has 42 heavy (non-hydrogen) atoms. The molecule has 0 bridgehead atoms. The number of thioether (sulfide) groups is 1. The number of halogens is 3. The first kappa shape index (κ1) is 31.2. The first-order chi connectivity index (χ1) is 20.1. The van der Waals surface area contributed by atoms with E-state index in [2.05, 4.69) is 16.0 Å². The zero-order valence-electron chi connectivity index (χ0n) is 22.6. The Morgan fingerprint density at radius 2 is 1.50 bits per heavy atom. The van der Waals surface area contributed by atoms with Crippen molar-refractivity contribution in [2.45, 2.75) is 24.0 Å². The lowest BCUT2D eigenvalue weighted by Gasteiger charge is -2.15. The van der Waals surface area contributed by atoms with Crippen LogP contribution in [0.25, 0.3) is 6.08 Å². The molecule has 214 valence electrons. The van der Waals surface area contributed by atoms with Gasteiger partial charge in [0.25, 0.3) is 11.8 Å². The van der Waals surface area contributed by atoms with E-state index in [1.807, 2.05) is 13.0 Å². The number of nitrogens with one attached hydrogen (secondary N) is 3. The summed E-state index contributed by atoms with van der Waals surface area (Å²) in [5.41, 5.74) is 2.72. The van der Waals surface area contributed by atoms with Crippen LogP contribution in [-0.4, -0.2) is 23.0 Å². The van der Waals surface area contributed by atoms with Crippen LogP contribution < -0.4 is 16.0 Å². The van der Waals surface area contributed by atoms with Crippen molar-refractivity contribution in [3.63, 3.8) is 0 Å². The third-order valence-corrected chi connectivity index (χ3v) is 8.45. The molecular formula is C32H26Cl3N3O3S. The molecule has 0 spiro atoms. The lowest BCUT2D eigenvalue weighted by molar-refractivity contribution is -0.115. The maximum atomic E-state index is 13.4. The number of rotatable bonds is 9. The summed E-state index contributed by atoms with van der Waals surface area (Å²) in [4.78, 5) is 40.0.